The standard InChI is InChI=1S/C21H29FN2O3.C16H21FN2O/c1-20(2,3)27-19(26)24-8-7-21(13-24)11-14(12-21)9-15-5-6-16(10-17(15)22)18(25)23-4;1-18-15(20)13-3-2-12(14(17)7-13)6-11-8-16(9-11)4-5-19-10-16/h5-6,10,14H,7-9,11-13H2,1-4H3,(H,23,25);2-3,7,11,19H,4-6,8-10H2,1H3,(H,18,20). The van der Waals surface area contributed by atoms with Crippen LogP contribution in [-0.4, -0.2) is 68.7 Å². The van der Waals surface area contributed by atoms with Gasteiger partial charge in [-0.1, -0.05) is 12.1 Å². The Labute approximate surface area is 277 Å². The Morgan fingerprint density at radius 1 is 0.851 bits per heavy atom. The summed E-state index contributed by atoms with van der Waals surface area (Å²) in [6, 6.07) is 9.51. The maximum absolute atomic E-state index is 14.3. The van der Waals surface area contributed by atoms with Gasteiger partial charge >= 0.3 is 6.09 Å². The summed E-state index contributed by atoms with van der Waals surface area (Å²) in [5, 5.41) is 8.43. The lowest BCUT2D eigenvalue weighted by molar-refractivity contribution is 0.0182. The van der Waals surface area contributed by atoms with Gasteiger partial charge in [0.15, 0.2) is 0 Å². The molecule has 2 saturated carbocycles. The number of nitrogens with zero attached hydrogens (tertiary/aromatic N) is 1. The van der Waals surface area contributed by atoms with Gasteiger partial charge in [0.1, 0.15) is 17.2 Å². The van der Waals surface area contributed by atoms with Crippen molar-refractivity contribution in [1.82, 2.24) is 20.9 Å². The van der Waals surface area contributed by atoms with Crippen LogP contribution in [0.1, 0.15) is 91.1 Å². The Bertz CT molecular complexity index is 1470. The Balaban J connectivity index is 0.000000193. The summed E-state index contributed by atoms with van der Waals surface area (Å²) >= 11 is 0. The topological polar surface area (TPSA) is 99.8 Å². The van der Waals surface area contributed by atoms with E-state index in [1.165, 1.54) is 38.4 Å². The lowest BCUT2D eigenvalue weighted by Crippen LogP contribution is -2.42. The van der Waals surface area contributed by atoms with E-state index >= 15 is 0 Å². The van der Waals surface area contributed by atoms with E-state index in [0.29, 0.717) is 40.4 Å². The number of benzene rings is 2. The summed E-state index contributed by atoms with van der Waals surface area (Å²) in [7, 11) is 3.09. The van der Waals surface area contributed by atoms with E-state index in [0.717, 1.165) is 57.4 Å². The van der Waals surface area contributed by atoms with Crippen molar-refractivity contribution in [2.45, 2.75) is 77.7 Å². The molecule has 0 aromatic heterocycles. The minimum absolute atomic E-state index is 0.167. The number of ether oxygens (including phenoxy) is 1. The fourth-order valence-corrected chi connectivity index (χ4v) is 8.13. The van der Waals surface area contributed by atoms with Crippen LogP contribution in [0.3, 0.4) is 0 Å². The predicted molar refractivity (Wildman–Crippen MR) is 177 cm³/mol. The highest BCUT2D eigenvalue weighted by Gasteiger charge is 2.50. The molecule has 256 valence electrons. The number of carbonyl (C=O) groups is 3. The molecular formula is C37H50F2N4O4. The summed E-state index contributed by atoms with van der Waals surface area (Å²) in [6.45, 7) is 9.34. The number of halogens is 2. The summed E-state index contributed by atoms with van der Waals surface area (Å²) in [5.74, 6) is -0.0824. The minimum atomic E-state index is -0.479. The molecule has 2 aromatic carbocycles. The van der Waals surface area contributed by atoms with Crippen molar-refractivity contribution < 1.29 is 27.9 Å². The van der Waals surface area contributed by atoms with Crippen molar-refractivity contribution in [2.24, 2.45) is 22.7 Å². The normalized spacial score (nSPS) is 26.2. The predicted octanol–water partition coefficient (Wildman–Crippen LogP) is 5.88. The lowest BCUT2D eigenvalue weighted by atomic mass is 9.60. The van der Waals surface area contributed by atoms with Crippen LogP contribution in [0.25, 0.3) is 0 Å². The third kappa shape index (κ3) is 8.31. The van der Waals surface area contributed by atoms with Gasteiger partial charge in [-0.3, -0.25) is 9.59 Å². The van der Waals surface area contributed by atoms with Crippen molar-refractivity contribution in [1.29, 1.82) is 0 Å². The van der Waals surface area contributed by atoms with Crippen molar-refractivity contribution in [3.63, 3.8) is 0 Å². The molecule has 8 nitrogen and oxygen atoms in total. The van der Waals surface area contributed by atoms with E-state index in [4.69, 9.17) is 4.74 Å². The zero-order valence-corrected chi connectivity index (χ0v) is 28.4. The average molecular weight is 653 g/mol. The van der Waals surface area contributed by atoms with Gasteiger partial charge in [0.25, 0.3) is 11.8 Å². The Morgan fingerprint density at radius 2 is 1.36 bits per heavy atom. The van der Waals surface area contributed by atoms with Gasteiger partial charge in [-0.2, -0.15) is 0 Å². The third-order valence-electron chi connectivity index (χ3n) is 10.4. The van der Waals surface area contributed by atoms with E-state index in [9.17, 15) is 23.2 Å². The van der Waals surface area contributed by atoms with Gasteiger partial charge in [0.2, 0.25) is 0 Å². The van der Waals surface area contributed by atoms with Crippen molar-refractivity contribution in [2.75, 3.05) is 40.3 Å². The second-order valence-corrected chi connectivity index (χ2v) is 15.3. The molecule has 6 rings (SSSR count). The zero-order chi connectivity index (χ0) is 34.0. The molecule has 0 atom stereocenters. The highest BCUT2D eigenvalue weighted by molar-refractivity contribution is 5.94. The number of rotatable bonds is 6. The Morgan fingerprint density at radius 3 is 1.79 bits per heavy atom. The monoisotopic (exact) mass is 652 g/mol. The van der Waals surface area contributed by atoms with Crippen LogP contribution in [0.2, 0.25) is 0 Å². The van der Waals surface area contributed by atoms with E-state index in [-0.39, 0.29) is 35.0 Å². The van der Waals surface area contributed by atoms with Crippen LogP contribution >= 0.6 is 0 Å². The van der Waals surface area contributed by atoms with Crippen LogP contribution in [0.15, 0.2) is 36.4 Å². The van der Waals surface area contributed by atoms with Crippen molar-refractivity contribution >= 4 is 17.9 Å². The molecule has 2 aliphatic carbocycles. The van der Waals surface area contributed by atoms with Crippen molar-refractivity contribution in [3.8, 4) is 0 Å². The van der Waals surface area contributed by atoms with Crippen LogP contribution in [0, 0.1) is 34.3 Å². The minimum Gasteiger partial charge on any atom is -0.444 e. The first-order valence-corrected chi connectivity index (χ1v) is 16.9. The first kappa shape index (κ1) is 34.8. The molecular weight excluding hydrogens is 602 g/mol. The highest BCUT2D eigenvalue weighted by atomic mass is 19.1. The first-order chi connectivity index (χ1) is 22.2. The van der Waals surface area contributed by atoms with Gasteiger partial charge in [-0.15, -0.1) is 0 Å². The van der Waals surface area contributed by atoms with Gasteiger partial charge in [0.05, 0.1) is 0 Å². The molecule has 2 aromatic rings. The maximum atomic E-state index is 14.3. The molecule has 3 N–H and O–H groups in total. The van der Waals surface area contributed by atoms with E-state index < -0.39 is 5.60 Å². The van der Waals surface area contributed by atoms with E-state index in [1.807, 2.05) is 20.8 Å². The maximum Gasteiger partial charge on any atom is 0.410 e. The van der Waals surface area contributed by atoms with Crippen LogP contribution in [0.5, 0.6) is 0 Å². The Hall–Kier alpha value is -3.53. The molecule has 2 aliphatic heterocycles. The zero-order valence-electron chi connectivity index (χ0n) is 28.4. The second kappa shape index (κ2) is 13.9. The van der Waals surface area contributed by atoms with Gasteiger partial charge in [0, 0.05) is 44.9 Å². The van der Waals surface area contributed by atoms with Gasteiger partial charge in [-0.25, -0.2) is 13.6 Å². The smallest absolute Gasteiger partial charge is 0.410 e. The van der Waals surface area contributed by atoms with Gasteiger partial charge in [-0.05, 0) is 137 Å². The number of hydrogen-bond acceptors (Lipinski definition) is 5. The van der Waals surface area contributed by atoms with E-state index in [2.05, 4.69) is 16.0 Å². The average Bonchev–Trinajstić information content (AvgIpc) is 3.66. The molecule has 47 heavy (non-hydrogen) atoms. The number of carbonyl (C=O) groups excluding carboxylic acids is 3. The summed E-state index contributed by atoms with van der Waals surface area (Å²) < 4.78 is 33.8. The SMILES string of the molecule is CNC(=O)c1ccc(CC2CC3(CCN(C(=O)OC(C)(C)C)C3)C2)c(F)c1.CNC(=O)c1ccc(CC2CC3(CCNC3)C2)c(F)c1. The van der Waals surface area contributed by atoms with Crippen LogP contribution < -0.4 is 16.0 Å². The molecule has 4 fully saturated rings. The number of nitrogens with one attached hydrogen (secondary N) is 3. The molecule has 0 radical (unpaired) electrons. The fourth-order valence-electron chi connectivity index (χ4n) is 8.13. The summed E-state index contributed by atoms with van der Waals surface area (Å²) in [5.41, 5.74) is 2.32. The molecule has 2 heterocycles. The van der Waals surface area contributed by atoms with E-state index in [1.54, 1.807) is 36.2 Å². The second-order valence-electron chi connectivity index (χ2n) is 15.3. The highest BCUT2D eigenvalue weighted by Crippen LogP contribution is 2.53. The van der Waals surface area contributed by atoms with Crippen LogP contribution in [-0.2, 0) is 17.6 Å². The third-order valence-corrected chi connectivity index (χ3v) is 10.4. The molecule has 10 heteroatoms. The van der Waals surface area contributed by atoms with Gasteiger partial charge < -0.3 is 25.6 Å². The lowest BCUT2D eigenvalue weighted by Gasteiger charge is -2.45. The molecule has 0 unspecified atom stereocenters. The quantitative estimate of drug-likeness (QED) is 0.362. The summed E-state index contributed by atoms with van der Waals surface area (Å²) in [6.07, 6.45) is 7.90. The summed E-state index contributed by atoms with van der Waals surface area (Å²) in [4.78, 5) is 37.1. The number of likely N-dealkylation sites (tertiary alicyclic amines) is 1. The Kier molecular flexibility index (Phi) is 10.3. The number of amides is 3. The molecule has 3 amide bonds. The first-order valence-electron chi connectivity index (χ1n) is 16.9. The fraction of sp³-hybridized carbons (Fsp3) is 0.595. The molecule has 2 saturated heterocycles. The molecule has 0 bridgehead atoms. The van der Waals surface area contributed by atoms with Crippen molar-refractivity contribution in [3.05, 3.63) is 70.3 Å². The molecule has 4 aliphatic rings. The molecule has 2 spiro atoms. The van der Waals surface area contributed by atoms with Crippen LogP contribution in [0.4, 0.5) is 13.6 Å². The number of hydrogen-bond donors (Lipinski definition) is 3. The largest absolute Gasteiger partial charge is 0.444 e.